The Bertz CT molecular complexity index is 1240. The van der Waals surface area contributed by atoms with Crippen LogP contribution in [0.4, 0.5) is 4.79 Å². The van der Waals surface area contributed by atoms with Gasteiger partial charge in [-0.25, -0.2) is 4.79 Å². The maximum absolute atomic E-state index is 12.8. The Hall–Kier alpha value is -2.28. The normalized spacial score (nSPS) is 21.2. The number of aliphatic hydroxyl groups is 1. The lowest BCUT2D eigenvalue weighted by molar-refractivity contribution is -0.0271. The second kappa shape index (κ2) is 12.9. The van der Waals surface area contributed by atoms with Crippen molar-refractivity contribution in [3.05, 3.63) is 106 Å². The SMILES string of the molecule is Cl.O=C1OCC(CCCN2CCC(O)(c3ccccc3)CC2)(c2ccc(Cl)c(Cl)c2)CN1Cc1ccccc1. The number of rotatable bonds is 8. The molecular formula is C31H35Cl3N2O3. The van der Waals surface area contributed by atoms with Crippen molar-refractivity contribution in [2.75, 3.05) is 32.8 Å². The van der Waals surface area contributed by atoms with Gasteiger partial charge < -0.3 is 19.6 Å². The number of hydrogen-bond acceptors (Lipinski definition) is 4. The molecule has 1 N–H and O–H groups in total. The lowest BCUT2D eigenvalue weighted by Gasteiger charge is -2.43. The molecule has 208 valence electrons. The lowest BCUT2D eigenvalue weighted by atomic mass is 9.76. The van der Waals surface area contributed by atoms with Crippen LogP contribution in [0.2, 0.25) is 10.0 Å². The number of cyclic esters (lactones) is 1. The number of likely N-dealkylation sites (tertiary alicyclic amines) is 1. The molecule has 0 bridgehead atoms. The van der Waals surface area contributed by atoms with E-state index in [1.807, 2.05) is 78.9 Å². The van der Waals surface area contributed by atoms with Crippen LogP contribution in [0.1, 0.15) is 42.4 Å². The van der Waals surface area contributed by atoms with E-state index >= 15 is 0 Å². The number of carbonyl (C=O) groups excluding carboxylic acids is 1. The molecule has 2 aliphatic heterocycles. The zero-order valence-electron chi connectivity index (χ0n) is 21.9. The third-order valence-corrected chi connectivity index (χ3v) is 8.83. The van der Waals surface area contributed by atoms with E-state index in [9.17, 15) is 9.90 Å². The largest absolute Gasteiger partial charge is 0.448 e. The molecular weight excluding hydrogens is 555 g/mol. The molecule has 1 atom stereocenters. The molecule has 3 aromatic rings. The topological polar surface area (TPSA) is 53.0 Å². The van der Waals surface area contributed by atoms with Gasteiger partial charge in [0, 0.05) is 31.6 Å². The minimum Gasteiger partial charge on any atom is -0.448 e. The van der Waals surface area contributed by atoms with E-state index in [1.165, 1.54) is 0 Å². The highest BCUT2D eigenvalue weighted by atomic mass is 35.5. The summed E-state index contributed by atoms with van der Waals surface area (Å²) in [5.74, 6) is 0. The Morgan fingerprint density at radius 2 is 1.54 bits per heavy atom. The summed E-state index contributed by atoms with van der Waals surface area (Å²) in [6.45, 7) is 3.96. The number of hydrogen-bond donors (Lipinski definition) is 1. The second-order valence-corrected chi connectivity index (χ2v) is 11.5. The molecule has 0 aliphatic carbocycles. The van der Waals surface area contributed by atoms with Gasteiger partial charge in [-0.05, 0) is 61.1 Å². The van der Waals surface area contributed by atoms with Gasteiger partial charge in [-0.2, -0.15) is 0 Å². The van der Waals surface area contributed by atoms with Crippen molar-refractivity contribution in [2.24, 2.45) is 0 Å². The third-order valence-electron chi connectivity index (χ3n) is 8.10. The average Bonchev–Trinajstić information content (AvgIpc) is 2.94. The van der Waals surface area contributed by atoms with E-state index in [-0.39, 0.29) is 18.5 Å². The van der Waals surface area contributed by atoms with Crippen molar-refractivity contribution in [1.82, 2.24) is 9.80 Å². The molecule has 0 saturated carbocycles. The van der Waals surface area contributed by atoms with Gasteiger partial charge in [0.05, 0.1) is 15.6 Å². The molecule has 0 aromatic heterocycles. The maximum atomic E-state index is 12.8. The molecule has 5 nitrogen and oxygen atoms in total. The number of nitrogens with zero attached hydrogens (tertiary/aromatic N) is 2. The van der Waals surface area contributed by atoms with Gasteiger partial charge in [-0.1, -0.05) is 89.9 Å². The van der Waals surface area contributed by atoms with Crippen LogP contribution < -0.4 is 0 Å². The average molecular weight is 590 g/mol. The molecule has 2 heterocycles. The first kappa shape index (κ1) is 29.7. The summed E-state index contributed by atoms with van der Waals surface area (Å²) in [4.78, 5) is 17.0. The molecule has 39 heavy (non-hydrogen) atoms. The van der Waals surface area contributed by atoms with E-state index in [4.69, 9.17) is 27.9 Å². The molecule has 5 rings (SSSR count). The van der Waals surface area contributed by atoms with Gasteiger partial charge >= 0.3 is 6.09 Å². The van der Waals surface area contributed by atoms with Gasteiger partial charge in [0.2, 0.25) is 0 Å². The fraction of sp³-hybridized carbons (Fsp3) is 0.387. The van der Waals surface area contributed by atoms with Crippen molar-refractivity contribution < 1.29 is 14.6 Å². The van der Waals surface area contributed by atoms with Crippen LogP contribution >= 0.6 is 35.6 Å². The second-order valence-electron chi connectivity index (χ2n) is 10.6. The molecule has 2 fully saturated rings. The molecule has 3 aromatic carbocycles. The van der Waals surface area contributed by atoms with Crippen molar-refractivity contribution in [3.8, 4) is 0 Å². The highest BCUT2D eigenvalue weighted by Gasteiger charge is 2.42. The Kier molecular flexibility index (Phi) is 9.84. The first-order valence-corrected chi connectivity index (χ1v) is 14.0. The van der Waals surface area contributed by atoms with Crippen LogP contribution in [0.3, 0.4) is 0 Å². The van der Waals surface area contributed by atoms with E-state index in [0.29, 0.717) is 29.7 Å². The minimum atomic E-state index is -0.755. The Balaban J connectivity index is 0.00000353. The summed E-state index contributed by atoms with van der Waals surface area (Å²) in [6.07, 6.45) is 2.92. The lowest BCUT2D eigenvalue weighted by Crippen LogP contribution is -2.52. The summed E-state index contributed by atoms with van der Waals surface area (Å²) in [5.41, 5.74) is 1.95. The molecule has 2 saturated heterocycles. The highest BCUT2D eigenvalue weighted by molar-refractivity contribution is 6.42. The van der Waals surface area contributed by atoms with Crippen molar-refractivity contribution in [1.29, 1.82) is 0 Å². The summed E-state index contributed by atoms with van der Waals surface area (Å²) in [6, 6.07) is 25.7. The number of ether oxygens (including phenoxy) is 1. The Labute approximate surface area is 247 Å². The van der Waals surface area contributed by atoms with Crippen molar-refractivity contribution in [2.45, 2.75) is 43.2 Å². The zero-order valence-corrected chi connectivity index (χ0v) is 24.2. The Morgan fingerprint density at radius 3 is 2.21 bits per heavy atom. The molecule has 0 radical (unpaired) electrons. The molecule has 1 unspecified atom stereocenters. The molecule has 1 amide bonds. The quantitative estimate of drug-likeness (QED) is 0.305. The van der Waals surface area contributed by atoms with E-state index < -0.39 is 11.0 Å². The Morgan fingerprint density at radius 1 is 0.872 bits per heavy atom. The van der Waals surface area contributed by atoms with Crippen molar-refractivity contribution >= 4 is 41.7 Å². The predicted molar refractivity (Wildman–Crippen MR) is 159 cm³/mol. The standard InChI is InChI=1S/C31H34Cl2N2O3.ClH/c32-27-13-12-26(20-28(27)33)30(22-35(29(36)38-23-30)21-24-8-3-1-4-9-24)14-7-17-34-18-15-31(37,16-19-34)25-10-5-2-6-11-25;/h1-6,8-13,20,37H,7,14-19,21-23H2;1H. The fourth-order valence-electron chi connectivity index (χ4n) is 5.81. The van der Waals surface area contributed by atoms with Crippen molar-refractivity contribution in [3.63, 3.8) is 0 Å². The van der Waals surface area contributed by atoms with Gasteiger partial charge in [0.1, 0.15) is 6.61 Å². The van der Waals surface area contributed by atoms with Gasteiger partial charge in [0.25, 0.3) is 0 Å². The van der Waals surface area contributed by atoms with Crippen LogP contribution in [0.15, 0.2) is 78.9 Å². The van der Waals surface area contributed by atoms with E-state index in [2.05, 4.69) is 4.90 Å². The fourth-order valence-corrected chi connectivity index (χ4v) is 6.11. The number of piperidine rings is 1. The monoisotopic (exact) mass is 588 g/mol. The van der Waals surface area contributed by atoms with Gasteiger partial charge in [0.15, 0.2) is 0 Å². The molecule has 0 spiro atoms. The van der Waals surface area contributed by atoms with Crippen LogP contribution in [0, 0.1) is 0 Å². The number of halogens is 3. The number of benzene rings is 3. The van der Waals surface area contributed by atoms with Gasteiger partial charge in [-0.3, -0.25) is 0 Å². The van der Waals surface area contributed by atoms with Crippen LogP contribution in [0.25, 0.3) is 0 Å². The van der Waals surface area contributed by atoms with Crippen LogP contribution in [-0.4, -0.2) is 53.8 Å². The highest BCUT2D eigenvalue weighted by Crippen LogP contribution is 2.38. The summed E-state index contributed by atoms with van der Waals surface area (Å²) < 4.78 is 5.79. The summed E-state index contributed by atoms with van der Waals surface area (Å²) in [5, 5.41) is 12.2. The molecule has 2 aliphatic rings. The van der Waals surface area contributed by atoms with Crippen LogP contribution in [-0.2, 0) is 22.3 Å². The zero-order chi connectivity index (χ0) is 26.6. The first-order chi connectivity index (χ1) is 18.4. The third kappa shape index (κ3) is 6.90. The van der Waals surface area contributed by atoms with Crippen LogP contribution in [0.5, 0.6) is 0 Å². The van der Waals surface area contributed by atoms with E-state index in [0.717, 1.165) is 62.0 Å². The maximum Gasteiger partial charge on any atom is 0.410 e. The predicted octanol–water partition coefficient (Wildman–Crippen LogP) is 7.07. The molecule has 8 heteroatoms. The number of amides is 1. The van der Waals surface area contributed by atoms with E-state index in [1.54, 1.807) is 4.90 Å². The van der Waals surface area contributed by atoms with Gasteiger partial charge in [-0.15, -0.1) is 12.4 Å². The summed E-state index contributed by atoms with van der Waals surface area (Å²) in [7, 11) is 0. The smallest absolute Gasteiger partial charge is 0.410 e. The minimum absolute atomic E-state index is 0. The summed E-state index contributed by atoms with van der Waals surface area (Å²) >= 11 is 12.7. The number of carbonyl (C=O) groups is 1. The first-order valence-electron chi connectivity index (χ1n) is 13.3.